The Balaban J connectivity index is 2.06. The maximum Gasteiger partial charge on any atom is 0.573 e. The summed E-state index contributed by atoms with van der Waals surface area (Å²) >= 11 is 1.29. The van der Waals surface area contributed by atoms with Crippen molar-refractivity contribution in [2.75, 3.05) is 5.73 Å². The SMILES string of the molecule is Nc1scc[n+]1CC(=O)c1ccc(OC(F)(F)F)cc1. The van der Waals surface area contributed by atoms with Gasteiger partial charge in [0.25, 0.3) is 0 Å². The number of rotatable bonds is 4. The molecule has 0 radical (unpaired) electrons. The zero-order valence-corrected chi connectivity index (χ0v) is 10.9. The fraction of sp³-hybridized carbons (Fsp3) is 0.167. The van der Waals surface area contributed by atoms with Crippen LogP contribution in [-0.2, 0) is 6.54 Å². The van der Waals surface area contributed by atoms with Gasteiger partial charge in [-0.2, -0.15) is 0 Å². The molecule has 0 aliphatic carbocycles. The van der Waals surface area contributed by atoms with Crippen LogP contribution in [0.15, 0.2) is 35.8 Å². The molecule has 0 aliphatic heterocycles. The smallest absolute Gasteiger partial charge is 0.406 e. The average Bonchev–Trinajstić information content (AvgIpc) is 2.74. The summed E-state index contributed by atoms with van der Waals surface area (Å²) in [6.07, 6.45) is -3.08. The minimum Gasteiger partial charge on any atom is -0.406 e. The van der Waals surface area contributed by atoms with E-state index in [1.54, 1.807) is 16.1 Å². The zero-order valence-electron chi connectivity index (χ0n) is 10.1. The van der Waals surface area contributed by atoms with Gasteiger partial charge in [0.15, 0.2) is 6.54 Å². The van der Waals surface area contributed by atoms with E-state index < -0.39 is 6.36 Å². The summed E-state index contributed by atoms with van der Waals surface area (Å²) in [5.41, 5.74) is 5.93. The van der Waals surface area contributed by atoms with Gasteiger partial charge in [-0.05, 0) is 24.3 Å². The second-order valence-electron chi connectivity index (χ2n) is 3.86. The predicted octanol–water partition coefficient (Wildman–Crippen LogP) is 2.40. The number of aromatic nitrogens is 1. The molecule has 1 aromatic heterocycles. The van der Waals surface area contributed by atoms with Crippen molar-refractivity contribution < 1.29 is 27.3 Å². The van der Waals surface area contributed by atoms with Crippen LogP contribution < -0.4 is 15.0 Å². The van der Waals surface area contributed by atoms with Gasteiger partial charge >= 0.3 is 11.5 Å². The Morgan fingerprint density at radius 3 is 2.45 bits per heavy atom. The van der Waals surface area contributed by atoms with E-state index in [2.05, 4.69) is 4.74 Å². The number of nitrogen functional groups attached to an aromatic ring is 1. The van der Waals surface area contributed by atoms with E-state index in [-0.39, 0.29) is 23.6 Å². The molecule has 0 unspecified atom stereocenters. The Labute approximate surface area is 116 Å². The van der Waals surface area contributed by atoms with Gasteiger partial charge in [-0.3, -0.25) is 10.5 Å². The fourth-order valence-electron chi connectivity index (χ4n) is 1.53. The normalized spacial score (nSPS) is 11.3. The molecule has 20 heavy (non-hydrogen) atoms. The lowest BCUT2D eigenvalue weighted by molar-refractivity contribution is -0.664. The quantitative estimate of drug-likeness (QED) is 0.697. The number of benzene rings is 1. The molecule has 0 fully saturated rings. The van der Waals surface area contributed by atoms with E-state index in [1.807, 2.05) is 0 Å². The number of hydrogen-bond donors (Lipinski definition) is 1. The van der Waals surface area contributed by atoms with Gasteiger partial charge in [-0.15, -0.1) is 13.2 Å². The van der Waals surface area contributed by atoms with Crippen molar-refractivity contribution in [2.45, 2.75) is 12.9 Å². The maximum atomic E-state index is 12.0. The van der Waals surface area contributed by atoms with E-state index in [4.69, 9.17) is 5.73 Å². The first-order chi connectivity index (χ1) is 9.35. The Morgan fingerprint density at radius 1 is 1.30 bits per heavy atom. The number of carbonyl (C=O) groups is 1. The molecule has 0 aliphatic rings. The molecule has 0 saturated heterocycles. The number of hydrogen-bond acceptors (Lipinski definition) is 4. The first-order valence-corrected chi connectivity index (χ1v) is 6.34. The number of halogens is 3. The third-order valence-corrected chi connectivity index (χ3v) is 3.17. The number of alkyl halides is 3. The lowest BCUT2D eigenvalue weighted by atomic mass is 10.1. The second-order valence-corrected chi connectivity index (χ2v) is 4.79. The molecule has 0 bridgehead atoms. The molecule has 2 rings (SSSR count). The molecule has 1 heterocycles. The Bertz CT molecular complexity index is 608. The highest BCUT2D eigenvalue weighted by molar-refractivity contribution is 7.12. The van der Waals surface area contributed by atoms with Crippen molar-refractivity contribution in [3.8, 4) is 5.75 Å². The first kappa shape index (κ1) is 14.3. The van der Waals surface area contributed by atoms with Crippen molar-refractivity contribution >= 4 is 22.3 Å². The molecule has 0 atom stereocenters. The first-order valence-electron chi connectivity index (χ1n) is 5.46. The van der Waals surface area contributed by atoms with Gasteiger partial charge in [0.05, 0.1) is 0 Å². The highest BCUT2D eigenvalue weighted by Crippen LogP contribution is 2.22. The summed E-state index contributed by atoms with van der Waals surface area (Å²) in [6, 6.07) is 4.77. The number of thiazole rings is 1. The summed E-state index contributed by atoms with van der Waals surface area (Å²) in [7, 11) is 0. The minimum atomic E-state index is -4.74. The zero-order chi connectivity index (χ0) is 14.8. The van der Waals surface area contributed by atoms with Gasteiger partial charge in [0, 0.05) is 10.9 Å². The molecule has 1 aromatic carbocycles. The monoisotopic (exact) mass is 303 g/mol. The minimum absolute atomic E-state index is 0.0365. The number of anilines is 1. The van der Waals surface area contributed by atoms with Crippen LogP contribution in [0.1, 0.15) is 10.4 Å². The van der Waals surface area contributed by atoms with Crippen LogP contribution in [0.3, 0.4) is 0 Å². The highest BCUT2D eigenvalue weighted by atomic mass is 32.1. The highest BCUT2D eigenvalue weighted by Gasteiger charge is 2.31. The van der Waals surface area contributed by atoms with E-state index in [1.165, 1.54) is 23.5 Å². The third kappa shape index (κ3) is 3.70. The maximum absolute atomic E-state index is 12.0. The second kappa shape index (κ2) is 5.49. The third-order valence-electron chi connectivity index (χ3n) is 2.44. The number of carbonyl (C=O) groups excluding carboxylic acids is 1. The van der Waals surface area contributed by atoms with Gasteiger partial charge < -0.3 is 4.74 Å². The summed E-state index contributed by atoms with van der Waals surface area (Å²) < 4.78 is 41.3. The number of ketones is 1. The summed E-state index contributed by atoms with van der Waals surface area (Å²) in [5, 5.41) is 2.22. The largest absolute Gasteiger partial charge is 0.573 e. The van der Waals surface area contributed by atoms with E-state index in [0.29, 0.717) is 5.13 Å². The van der Waals surface area contributed by atoms with Gasteiger partial charge in [0.1, 0.15) is 11.9 Å². The van der Waals surface area contributed by atoms with Crippen LogP contribution in [-0.4, -0.2) is 12.1 Å². The van der Waals surface area contributed by atoms with Gasteiger partial charge in [-0.1, -0.05) is 11.3 Å². The number of nitrogens with two attached hydrogens (primary N) is 1. The lowest BCUT2D eigenvalue weighted by Gasteiger charge is -2.08. The molecular weight excluding hydrogens is 293 g/mol. The van der Waals surface area contributed by atoms with Crippen LogP contribution in [0.2, 0.25) is 0 Å². The van der Waals surface area contributed by atoms with Crippen molar-refractivity contribution in [1.29, 1.82) is 0 Å². The van der Waals surface area contributed by atoms with E-state index in [0.717, 1.165) is 12.1 Å². The number of Topliss-reactive ketones (excluding diaryl/α,β-unsaturated/α-hetero) is 1. The summed E-state index contributed by atoms with van der Waals surface area (Å²) in [5.74, 6) is -0.615. The van der Waals surface area contributed by atoms with Crippen molar-refractivity contribution in [2.24, 2.45) is 0 Å². The van der Waals surface area contributed by atoms with Gasteiger partial charge in [-0.25, -0.2) is 4.57 Å². The van der Waals surface area contributed by atoms with Crippen molar-refractivity contribution in [3.05, 3.63) is 41.4 Å². The lowest BCUT2D eigenvalue weighted by Crippen LogP contribution is -2.38. The predicted molar refractivity (Wildman–Crippen MR) is 66.4 cm³/mol. The Morgan fingerprint density at radius 2 is 1.95 bits per heavy atom. The number of ether oxygens (including phenoxy) is 1. The fourth-order valence-corrected chi connectivity index (χ4v) is 2.14. The Hall–Kier alpha value is -2.09. The van der Waals surface area contributed by atoms with Crippen LogP contribution in [0.4, 0.5) is 18.3 Å². The van der Waals surface area contributed by atoms with Gasteiger partial charge in [0.2, 0.25) is 5.78 Å². The van der Waals surface area contributed by atoms with E-state index >= 15 is 0 Å². The van der Waals surface area contributed by atoms with Crippen molar-refractivity contribution in [1.82, 2.24) is 0 Å². The molecule has 4 nitrogen and oxygen atoms in total. The molecular formula is C12H10F3N2O2S+. The summed E-state index contributed by atoms with van der Waals surface area (Å²) in [6.45, 7) is 0.0365. The molecule has 106 valence electrons. The van der Waals surface area contributed by atoms with Crippen molar-refractivity contribution in [3.63, 3.8) is 0 Å². The topological polar surface area (TPSA) is 56.2 Å². The molecule has 0 amide bonds. The Kier molecular flexibility index (Phi) is 3.93. The molecule has 8 heteroatoms. The number of nitrogens with zero attached hydrogens (tertiary/aromatic N) is 1. The molecule has 2 aromatic rings. The van der Waals surface area contributed by atoms with Crippen LogP contribution in [0.25, 0.3) is 0 Å². The van der Waals surface area contributed by atoms with Crippen LogP contribution in [0, 0.1) is 0 Å². The van der Waals surface area contributed by atoms with Crippen LogP contribution >= 0.6 is 11.3 Å². The summed E-state index contributed by atoms with van der Waals surface area (Å²) in [4.78, 5) is 11.9. The average molecular weight is 303 g/mol. The standard InChI is InChI=1S/C12H9F3N2O2S/c13-12(14,15)19-9-3-1-8(2-4-9)10(18)7-17-5-6-20-11(17)16/h1-6,16H,7H2/p+1. The van der Waals surface area contributed by atoms with E-state index in [9.17, 15) is 18.0 Å². The molecule has 2 N–H and O–H groups in total. The van der Waals surface area contributed by atoms with Crippen LogP contribution in [0.5, 0.6) is 5.75 Å². The molecule has 0 saturated carbocycles. The molecule has 0 spiro atoms.